The Bertz CT molecular complexity index is 1110. The van der Waals surface area contributed by atoms with Gasteiger partial charge in [-0.2, -0.15) is 4.72 Å². The fraction of sp³-hybridized carbons (Fsp3) is 0.227. The molecule has 1 saturated heterocycles. The molecule has 1 N–H and O–H groups in total. The minimum absolute atomic E-state index is 0.0648. The van der Waals surface area contributed by atoms with Crippen LogP contribution in [0.1, 0.15) is 26.4 Å². The van der Waals surface area contributed by atoms with Crippen molar-refractivity contribution in [3.8, 4) is 0 Å². The van der Waals surface area contributed by atoms with Gasteiger partial charge in [0.25, 0.3) is 5.91 Å². The lowest BCUT2D eigenvalue weighted by molar-refractivity contribution is 0.0745. The van der Waals surface area contributed by atoms with Crippen molar-refractivity contribution < 1.29 is 14.1 Å². The van der Waals surface area contributed by atoms with Gasteiger partial charge < -0.3 is 14.4 Å². The SMILES string of the molecule is O=C(N[S+]([O-])Cc1ccccc1)c1ccc(N2CCN(C(=O)c3cncc(Br)c3)CC2)nn1. The van der Waals surface area contributed by atoms with Gasteiger partial charge in [-0.15, -0.1) is 10.2 Å². The Kier molecular flexibility index (Phi) is 7.53. The summed E-state index contributed by atoms with van der Waals surface area (Å²) in [5.41, 5.74) is 1.50. The van der Waals surface area contributed by atoms with Crippen molar-refractivity contribution >= 4 is 44.9 Å². The van der Waals surface area contributed by atoms with Crippen LogP contribution < -0.4 is 9.62 Å². The summed E-state index contributed by atoms with van der Waals surface area (Å²) in [4.78, 5) is 32.8. The number of pyridine rings is 1. The zero-order chi connectivity index (χ0) is 23.2. The highest BCUT2D eigenvalue weighted by molar-refractivity contribution is 9.10. The van der Waals surface area contributed by atoms with Crippen LogP contribution in [0.3, 0.4) is 0 Å². The second-order valence-corrected chi connectivity index (χ2v) is 9.45. The van der Waals surface area contributed by atoms with E-state index in [2.05, 4.69) is 35.8 Å². The average molecular weight is 529 g/mol. The molecule has 11 heteroatoms. The molecule has 2 aromatic heterocycles. The van der Waals surface area contributed by atoms with Crippen molar-refractivity contribution in [1.29, 1.82) is 0 Å². The molecule has 0 aliphatic carbocycles. The van der Waals surface area contributed by atoms with Crippen LogP contribution in [0.25, 0.3) is 0 Å². The first-order chi connectivity index (χ1) is 16.0. The van der Waals surface area contributed by atoms with Crippen molar-refractivity contribution in [2.45, 2.75) is 5.75 Å². The van der Waals surface area contributed by atoms with E-state index in [1.807, 2.05) is 35.2 Å². The number of piperazine rings is 1. The number of halogens is 1. The maximum atomic E-state index is 12.7. The molecular formula is C22H21BrN6O3S. The van der Waals surface area contributed by atoms with Crippen molar-refractivity contribution in [3.05, 3.63) is 82.2 Å². The minimum Gasteiger partial charge on any atom is -0.593 e. The van der Waals surface area contributed by atoms with Crippen molar-refractivity contribution in [3.63, 3.8) is 0 Å². The second kappa shape index (κ2) is 10.7. The fourth-order valence-corrected chi connectivity index (χ4v) is 4.63. The Morgan fingerprint density at radius 2 is 1.79 bits per heavy atom. The van der Waals surface area contributed by atoms with Gasteiger partial charge in [-0.1, -0.05) is 30.3 Å². The first-order valence-electron chi connectivity index (χ1n) is 10.2. The normalized spacial score (nSPS) is 14.6. The van der Waals surface area contributed by atoms with E-state index >= 15 is 0 Å². The predicted octanol–water partition coefficient (Wildman–Crippen LogP) is 2.19. The Labute approximate surface area is 202 Å². The molecule has 0 saturated carbocycles. The lowest BCUT2D eigenvalue weighted by Crippen LogP contribution is -2.49. The third-order valence-electron chi connectivity index (χ3n) is 5.07. The monoisotopic (exact) mass is 528 g/mol. The zero-order valence-corrected chi connectivity index (χ0v) is 20.0. The van der Waals surface area contributed by atoms with Crippen LogP contribution in [0.2, 0.25) is 0 Å². The van der Waals surface area contributed by atoms with E-state index in [0.29, 0.717) is 37.6 Å². The maximum Gasteiger partial charge on any atom is 0.312 e. The highest BCUT2D eigenvalue weighted by Crippen LogP contribution is 2.16. The van der Waals surface area contributed by atoms with Gasteiger partial charge in [-0.05, 0) is 34.1 Å². The summed E-state index contributed by atoms with van der Waals surface area (Å²) in [7, 11) is 0. The maximum absolute atomic E-state index is 12.7. The average Bonchev–Trinajstić information content (AvgIpc) is 2.84. The quantitative estimate of drug-likeness (QED) is 0.487. The number of hydrogen-bond acceptors (Lipinski definition) is 7. The first kappa shape index (κ1) is 23.1. The van der Waals surface area contributed by atoms with Crippen LogP contribution in [0, 0.1) is 0 Å². The number of aromatic nitrogens is 3. The Morgan fingerprint density at radius 1 is 1.03 bits per heavy atom. The summed E-state index contributed by atoms with van der Waals surface area (Å²) >= 11 is 1.78. The van der Waals surface area contributed by atoms with E-state index in [9.17, 15) is 14.1 Å². The summed E-state index contributed by atoms with van der Waals surface area (Å²) in [6.07, 6.45) is 3.19. The number of nitrogens with zero attached hydrogens (tertiary/aromatic N) is 5. The number of nitrogens with one attached hydrogen (secondary N) is 1. The van der Waals surface area contributed by atoms with Crippen LogP contribution in [0.4, 0.5) is 5.82 Å². The van der Waals surface area contributed by atoms with E-state index in [-0.39, 0.29) is 17.4 Å². The van der Waals surface area contributed by atoms with E-state index < -0.39 is 17.3 Å². The fourth-order valence-electron chi connectivity index (χ4n) is 3.38. The van der Waals surface area contributed by atoms with Crippen molar-refractivity contribution in [1.82, 2.24) is 24.8 Å². The standard InChI is InChI=1S/C22H21BrN6O3S/c23-18-12-17(13-24-14-18)22(31)29-10-8-28(9-11-29)20-7-6-19(25-26-20)21(30)27-33(32)15-16-4-2-1-3-5-16/h1-7,12-14H,8-11,15H2,(H,27,30). The van der Waals surface area contributed by atoms with Gasteiger partial charge in [0, 0.05) is 48.6 Å². The van der Waals surface area contributed by atoms with E-state index in [1.165, 1.54) is 0 Å². The molecule has 9 nitrogen and oxygen atoms in total. The number of amides is 2. The molecule has 2 amide bonds. The molecular weight excluding hydrogens is 508 g/mol. The Morgan fingerprint density at radius 3 is 2.45 bits per heavy atom. The molecule has 1 aromatic carbocycles. The molecule has 1 unspecified atom stereocenters. The number of hydrogen-bond donors (Lipinski definition) is 1. The predicted molar refractivity (Wildman–Crippen MR) is 128 cm³/mol. The summed E-state index contributed by atoms with van der Waals surface area (Å²) < 4.78 is 15.4. The lowest BCUT2D eigenvalue weighted by atomic mass is 10.2. The Balaban J connectivity index is 1.29. The van der Waals surface area contributed by atoms with Gasteiger partial charge in [0.2, 0.25) is 0 Å². The number of carbonyl (C=O) groups is 2. The summed E-state index contributed by atoms with van der Waals surface area (Å²) in [5.74, 6) is 0.233. The van der Waals surface area contributed by atoms with Gasteiger partial charge >= 0.3 is 5.91 Å². The highest BCUT2D eigenvalue weighted by atomic mass is 79.9. The van der Waals surface area contributed by atoms with Crippen molar-refractivity contribution in [2.75, 3.05) is 31.1 Å². The molecule has 3 aromatic rings. The Hall–Kier alpha value is -3.02. The molecule has 0 bridgehead atoms. The van der Waals surface area contributed by atoms with E-state index in [4.69, 9.17) is 0 Å². The van der Waals surface area contributed by atoms with E-state index in [1.54, 1.807) is 35.5 Å². The van der Waals surface area contributed by atoms with Crippen LogP contribution in [0.15, 0.2) is 65.4 Å². The number of carbonyl (C=O) groups excluding carboxylic acids is 2. The van der Waals surface area contributed by atoms with Crippen LogP contribution in [-0.2, 0) is 17.1 Å². The topological polar surface area (TPSA) is 114 Å². The van der Waals surface area contributed by atoms with Gasteiger partial charge in [0.1, 0.15) is 0 Å². The minimum atomic E-state index is -1.56. The van der Waals surface area contributed by atoms with Gasteiger partial charge in [-0.25, -0.2) is 0 Å². The summed E-state index contributed by atoms with van der Waals surface area (Å²) in [6.45, 7) is 2.25. The molecule has 1 aliphatic rings. The van der Waals surface area contributed by atoms with Crippen LogP contribution >= 0.6 is 15.9 Å². The van der Waals surface area contributed by atoms with Crippen LogP contribution in [0.5, 0.6) is 0 Å². The van der Waals surface area contributed by atoms with Gasteiger partial charge in [0.05, 0.1) is 16.9 Å². The second-order valence-electron chi connectivity index (χ2n) is 7.35. The van der Waals surface area contributed by atoms with Crippen LogP contribution in [-0.4, -0.2) is 62.6 Å². The lowest BCUT2D eigenvalue weighted by Gasteiger charge is -2.35. The van der Waals surface area contributed by atoms with Crippen molar-refractivity contribution in [2.24, 2.45) is 0 Å². The zero-order valence-electron chi connectivity index (χ0n) is 17.6. The largest absolute Gasteiger partial charge is 0.593 e. The third kappa shape index (κ3) is 6.06. The van der Waals surface area contributed by atoms with E-state index in [0.717, 1.165) is 10.0 Å². The molecule has 0 spiro atoms. The summed E-state index contributed by atoms with van der Waals surface area (Å²) in [5, 5.41) is 8.14. The molecule has 33 heavy (non-hydrogen) atoms. The molecule has 0 radical (unpaired) electrons. The molecule has 1 atom stereocenters. The highest BCUT2D eigenvalue weighted by Gasteiger charge is 2.24. The van der Waals surface area contributed by atoms with Gasteiger partial charge in [0.15, 0.2) is 17.3 Å². The molecule has 1 aliphatic heterocycles. The first-order valence-corrected chi connectivity index (χ1v) is 12.3. The third-order valence-corrected chi connectivity index (χ3v) is 6.52. The number of rotatable bonds is 6. The molecule has 4 rings (SSSR count). The number of anilines is 1. The molecule has 170 valence electrons. The molecule has 3 heterocycles. The number of benzene rings is 1. The smallest absolute Gasteiger partial charge is 0.312 e. The summed E-state index contributed by atoms with van der Waals surface area (Å²) in [6, 6.07) is 14.3. The molecule has 1 fully saturated rings. The van der Waals surface area contributed by atoms with Gasteiger partial charge in [-0.3, -0.25) is 14.6 Å².